The van der Waals surface area contributed by atoms with Crippen molar-refractivity contribution in [1.82, 2.24) is 14.9 Å². The van der Waals surface area contributed by atoms with E-state index in [1.807, 2.05) is 51.1 Å². The molecule has 1 aliphatic heterocycles. The molecule has 3 atom stereocenters. The summed E-state index contributed by atoms with van der Waals surface area (Å²) < 4.78 is 48.8. The molecule has 172 valence electrons. The number of benzene rings is 2. The Labute approximate surface area is 185 Å². The molecular weight excluding hydrogens is 419 g/mol. The van der Waals surface area contributed by atoms with Crippen LogP contribution in [0.1, 0.15) is 50.8 Å². The Bertz CT molecular complexity index is 1080. The van der Waals surface area contributed by atoms with E-state index in [4.69, 9.17) is 4.74 Å². The number of ether oxygens (including phenoxy) is 1. The zero-order chi connectivity index (χ0) is 23.1. The van der Waals surface area contributed by atoms with Crippen molar-refractivity contribution in [2.75, 3.05) is 6.61 Å². The second-order valence-corrected chi connectivity index (χ2v) is 8.96. The average molecular weight is 448 g/mol. The maximum absolute atomic E-state index is 13.8. The van der Waals surface area contributed by atoms with Gasteiger partial charge in [0.25, 0.3) is 0 Å². The number of hydrogen-bond donors (Lipinski definition) is 2. The van der Waals surface area contributed by atoms with E-state index in [0.29, 0.717) is 12.8 Å². The van der Waals surface area contributed by atoms with Gasteiger partial charge in [-0.25, -0.2) is 4.98 Å². The van der Waals surface area contributed by atoms with Gasteiger partial charge in [0.15, 0.2) is 0 Å². The number of nitrogens with zero attached hydrogens (tertiary/aromatic N) is 2. The molecule has 1 fully saturated rings. The van der Waals surface area contributed by atoms with E-state index in [1.165, 1.54) is 10.9 Å². The molecular formula is C24H28F3N3O2. The predicted molar refractivity (Wildman–Crippen MR) is 117 cm³/mol. The number of imidazole rings is 1. The van der Waals surface area contributed by atoms with E-state index >= 15 is 0 Å². The van der Waals surface area contributed by atoms with Crippen molar-refractivity contribution >= 4 is 11.0 Å². The number of hydrogen-bond acceptors (Lipinski definition) is 4. The van der Waals surface area contributed by atoms with Crippen LogP contribution in [-0.4, -0.2) is 33.3 Å². The van der Waals surface area contributed by atoms with E-state index in [2.05, 4.69) is 10.3 Å². The first-order valence-electron chi connectivity index (χ1n) is 10.8. The summed E-state index contributed by atoms with van der Waals surface area (Å²) in [5, 5.41) is 14.7. The van der Waals surface area contributed by atoms with Crippen molar-refractivity contribution in [2.24, 2.45) is 0 Å². The number of nitrogens with one attached hydrogen (secondary N) is 1. The van der Waals surface area contributed by atoms with Gasteiger partial charge in [-0.05, 0) is 45.2 Å². The van der Waals surface area contributed by atoms with Crippen LogP contribution in [0.25, 0.3) is 11.0 Å². The number of halogens is 3. The molecule has 1 aromatic heterocycles. The van der Waals surface area contributed by atoms with Crippen LogP contribution in [0, 0.1) is 0 Å². The summed E-state index contributed by atoms with van der Waals surface area (Å²) in [4.78, 5) is 4.17. The molecule has 1 saturated heterocycles. The van der Waals surface area contributed by atoms with Gasteiger partial charge in [-0.3, -0.25) is 0 Å². The molecule has 1 aliphatic rings. The molecule has 0 radical (unpaired) electrons. The zero-order valence-corrected chi connectivity index (χ0v) is 18.4. The Kier molecular flexibility index (Phi) is 5.94. The molecule has 0 unspecified atom stereocenters. The second-order valence-electron chi connectivity index (χ2n) is 8.96. The lowest BCUT2D eigenvalue weighted by molar-refractivity contribution is -0.136. The molecule has 0 aliphatic carbocycles. The first-order chi connectivity index (χ1) is 15.1. The summed E-state index contributed by atoms with van der Waals surface area (Å²) >= 11 is 0. The topological polar surface area (TPSA) is 59.3 Å². The van der Waals surface area contributed by atoms with Gasteiger partial charge in [0.05, 0.1) is 28.5 Å². The summed E-state index contributed by atoms with van der Waals surface area (Å²) in [6.07, 6.45) is -2.16. The third-order valence-corrected chi connectivity index (χ3v) is 6.01. The van der Waals surface area contributed by atoms with E-state index in [1.54, 1.807) is 6.07 Å². The first kappa shape index (κ1) is 22.6. The fourth-order valence-corrected chi connectivity index (χ4v) is 4.64. The summed E-state index contributed by atoms with van der Waals surface area (Å²) in [6.45, 7) is 5.74. The van der Waals surface area contributed by atoms with Crippen LogP contribution >= 0.6 is 0 Å². The van der Waals surface area contributed by atoms with E-state index < -0.39 is 17.3 Å². The molecule has 8 heteroatoms. The molecule has 3 aromatic rings. The normalized spacial score (nSPS) is 24.2. The van der Waals surface area contributed by atoms with Crippen LogP contribution in [0.15, 0.2) is 48.8 Å². The smallest absolute Gasteiger partial charge is 0.418 e. The highest BCUT2D eigenvalue weighted by Crippen LogP contribution is 2.39. The lowest BCUT2D eigenvalue weighted by Gasteiger charge is -2.41. The first-order valence-corrected chi connectivity index (χ1v) is 10.8. The number of fused-ring (bicyclic) bond motifs is 1. The van der Waals surface area contributed by atoms with Crippen LogP contribution in [0.3, 0.4) is 0 Å². The molecule has 0 spiro atoms. The van der Waals surface area contributed by atoms with Gasteiger partial charge in [0, 0.05) is 24.2 Å². The van der Waals surface area contributed by atoms with Gasteiger partial charge in [0.1, 0.15) is 12.4 Å². The highest BCUT2D eigenvalue weighted by atomic mass is 19.4. The van der Waals surface area contributed by atoms with Gasteiger partial charge in [-0.2, -0.15) is 13.2 Å². The summed E-state index contributed by atoms with van der Waals surface area (Å²) in [7, 11) is 0. The minimum absolute atomic E-state index is 0.0255. The molecule has 2 N–H and O–H groups in total. The van der Waals surface area contributed by atoms with Gasteiger partial charge in [0.2, 0.25) is 0 Å². The van der Waals surface area contributed by atoms with E-state index in [0.717, 1.165) is 11.6 Å². The summed E-state index contributed by atoms with van der Waals surface area (Å²) in [6, 6.07) is 11.7. The third-order valence-electron chi connectivity index (χ3n) is 6.01. The van der Waals surface area contributed by atoms with E-state index in [9.17, 15) is 18.3 Å². The van der Waals surface area contributed by atoms with Crippen LogP contribution in [0.2, 0.25) is 0 Å². The minimum Gasteiger partial charge on any atom is -0.492 e. The minimum atomic E-state index is -4.53. The van der Waals surface area contributed by atoms with Crippen molar-refractivity contribution in [3.8, 4) is 5.75 Å². The number of aromatic nitrogens is 2. The molecule has 0 saturated carbocycles. The van der Waals surface area contributed by atoms with Gasteiger partial charge in [-0.1, -0.05) is 30.3 Å². The van der Waals surface area contributed by atoms with Gasteiger partial charge >= 0.3 is 6.18 Å². The highest BCUT2D eigenvalue weighted by molar-refractivity contribution is 5.81. The molecule has 0 amide bonds. The third kappa shape index (κ3) is 4.47. The van der Waals surface area contributed by atoms with Crippen molar-refractivity contribution in [1.29, 1.82) is 0 Å². The lowest BCUT2D eigenvalue weighted by atomic mass is 9.79. The number of rotatable bonds is 5. The van der Waals surface area contributed by atoms with Crippen molar-refractivity contribution in [3.05, 3.63) is 59.9 Å². The van der Waals surface area contributed by atoms with Crippen LogP contribution in [0.4, 0.5) is 13.2 Å². The molecule has 0 bridgehead atoms. The maximum Gasteiger partial charge on any atom is 0.418 e. The Morgan fingerprint density at radius 1 is 1.22 bits per heavy atom. The Hall–Kier alpha value is -2.58. The fraction of sp³-hybridized carbons (Fsp3) is 0.458. The average Bonchev–Trinajstić information content (AvgIpc) is 3.15. The molecule has 2 heterocycles. The summed E-state index contributed by atoms with van der Waals surface area (Å²) in [5.41, 5.74) is -0.644. The van der Waals surface area contributed by atoms with Crippen molar-refractivity contribution in [3.63, 3.8) is 0 Å². The molecule has 5 nitrogen and oxygen atoms in total. The lowest BCUT2D eigenvalue weighted by Crippen LogP contribution is -2.53. The van der Waals surface area contributed by atoms with Crippen molar-refractivity contribution in [2.45, 2.75) is 63.5 Å². The largest absolute Gasteiger partial charge is 0.492 e. The van der Waals surface area contributed by atoms with Crippen LogP contribution in [0.5, 0.6) is 5.75 Å². The molecule has 2 aromatic carbocycles. The second kappa shape index (κ2) is 8.41. The van der Waals surface area contributed by atoms with Crippen LogP contribution < -0.4 is 10.1 Å². The number of piperidine rings is 1. The predicted octanol–water partition coefficient (Wildman–Crippen LogP) is 5.04. The Morgan fingerprint density at radius 3 is 2.59 bits per heavy atom. The monoisotopic (exact) mass is 447 g/mol. The zero-order valence-electron chi connectivity index (χ0n) is 18.4. The Morgan fingerprint density at radius 2 is 1.94 bits per heavy atom. The number of aliphatic hydroxyl groups is 1. The van der Waals surface area contributed by atoms with E-state index in [-0.39, 0.29) is 41.5 Å². The molecule has 32 heavy (non-hydrogen) atoms. The summed E-state index contributed by atoms with van der Waals surface area (Å²) in [5.74, 6) is 0.113. The molecule has 4 rings (SSSR count). The highest BCUT2D eigenvalue weighted by Gasteiger charge is 2.39. The SMILES string of the molecule is CC(C)n1cnc2cc(OC[C@@H]3C[C@](O)(c4ccccc4)C[C@H](C)N3)cc(C(F)(F)F)c21. The Balaban J connectivity index is 1.58. The number of alkyl halides is 3. The fourth-order valence-electron chi connectivity index (χ4n) is 4.64. The van der Waals surface area contributed by atoms with Gasteiger partial charge < -0.3 is 19.7 Å². The maximum atomic E-state index is 13.8. The van der Waals surface area contributed by atoms with Crippen LogP contribution in [-0.2, 0) is 11.8 Å². The van der Waals surface area contributed by atoms with Crippen molar-refractivity contribution < 1.29 is 23.0 Å². The van der Waals surface area contributed by atoms with Gasteiger partial charge in [-0.15, -0.1) is 0 Å². The quantitative estimate of drug-likeness (QED) is 0.575. The standard InChI is InChI=1S/C24H28F3N3O2/c1-15(2)30-14-28-21-10-19(9-20(22(21)30)24(25,26)27)32-13-18-12-23(31,11-16(3)29-18)17-7-5-4-6-8-17/h4-10,14-16,18,29,31H,11-13H2,1-3H3/t16-,18-,23-/m0/s1.